The van der Waals surface area contributed by atoms with E-state index in [-0.39, 0.29) is 6.04 Å². The number of nitrogens with two attached hydrogens (primary N) is 1. The van der Waals surface area contributed by atoms with Crippen molar-refractivity contribution >= 4 is 34.5 Å². The Labute approximate surface area is 103 Å². The number of rotatable bonds is 5. The van der Waals surface area contributed by atoms with Gasteiger partial charge in [-0.2, -0.15) is 0 Å². The predicted octanol–water partition coefficient (Wildman–Crippen LogP) is 1.48. The average Bonchev–Trinajstić information content (AvgIpc) is 2.87. The lowest BCUT2D eigenvalue weighted by molar-refractivity contribution is -0.111. The molecule has 0 radical (unpaired) electrons. The SMILES string of the molecule is Nc1ncc(SCCN2CCC[C@H]2C=O)s1. The number of hydrogen-bond donors (Lipinski definition) is 1. The number of likely N-dealkylation sites (tertiary alicyclic amines) is 1. The summed E-state index contributed by atoms with van der Waals surface area (Å²) in [5.74, 6) is 0.992. The van der Waals surface area contributed by atoms with E-state index < -0.39 is 0 Å². The summed E-state index contributed by atoms with van der Waals surface area (Å²) in [5.41, 5.74) is 5.55. The van der Waals surface area contributed by atoms with Crippen LogP contribution >= 0.6 is 23.1 Å². The highest BCUT2D eigenvalue weighted by Crippen LogP contribution is 2.26. The van der Waals surface area contributed by atoms with Crippen LogP contribution in [0.2, 0.25) is 0 Å². The smallest absolute Gasteiger partial charge is 0.181 e. The second-order valence-corrected chi connectivity index (χ2v) is 6.21. The molecule has 0 aliphatic carbocycles. The van der Waals surface area contributed by atoms with Crippen molar-refractivity contribution in [2.24, 2.45) is 0 Å². The highest BCUT2D eigenvalue weighted by atomic mass is 32.2. The van der Waals surface area contributed by atoms with E-state index in [1.165, 1.54) is 11.3 Å². The Kier molecular flexibility index (Phi) is 4.20. The number of nitrogen functional groups attached to an aromatic ring is 1. The Morgan fingerprint density at radius 3 is 3.31 bits per heavy atom. The summed E-state index contributed by atoms with van der Waals surface area (Å²) in [6.07, 6.45) is 5.04. The molecule has 1 saturated heterocycles. The summed E-state index contributed by atoms with van der Waals surface area (Å²) in [5, 5.41) is 0.620. The maximum absolute atomic E-state index is 10.8. The number of thioether (sulfide) groups is 1. The molecule has 0 unspecified atom stereocenters. The number of hydrogen-bond acceptors (Lipinski definition) is 6. The number of nitrogens with zero attached hydrogens (tertiary/aromatic N) is 2. The zero-order valence-corrected chi connectivity index (χ0v) is 10.6. The zero-order valence-electron chi connectivity index (χ0n) is 8.96. The van der Waals surface area contributed by atoms with Crippen LogP contribution in [0.1, 0.15) is 12.8 Å². The molecule has 0 aromatic carbocycles. The van der Waals surface area contributed by atoms with Gasteiger partial charge in [-0.15, -0.1) is 11.8 Å². The van der Waals surface area contributed by atoms with Crippen molar-refractivity contribution in [1.82, 2.24) is 9.88 Å². The molecule has 6 heteroatoms. The molecule has 1 aromatic rings. The first-order valence-electron chi connectivity index (χ1n) is 5.33. The molecule has 0 saturated carbocycles. The van der Waals surface area contributed by atoms with Gasteiger partial charge in [0.05, 0.1) is 16.4 Å². The zero-order chi connectivity index (χ0) is 11.4. The molecule has 2 heterocycles. The molecule has 2 rings (SSSR count). The third-order valence-corrected chi connectivity index (χ3v) is 4.70. The Bertz CT molecular complexity index is 356. The van der Waals surface area contributed by atoms with E-state index in [2.05, 4.69) is 9.88 Å². The first kappa shape index (κ1) is 11.9. The minimum absolute atomic E-state index is 0.145. The number of anilines is 1. The van der Waals surface area contributed by atoms with Crippen molar-refractivity contribution in [2.75, 3.05) is 24.6 Å². The summed E-state index contributed by atoms with van der Waals surface area (Å²) in [7, 11) is 0. The third-order valence-electron chi connectivity index (χ3n) is 2.70. The number of thiazole rings is 1. The van der Waals surface area contributed by atoms with Crippen LogP contribution in [0.5, 0.6) is 0 Å². The molecule has 0 spiro atoms. The van der Waals surface area contributed by atoms with Gasteiger partial charge in [-0.3, -0.25) is 4.90 Å². The lowest BCUT2D eigenvalue weighted by Gasteiger charge is -2.18. The van der Waals surface area contributed by atoms with Crippen molar-refractivity contribution in [2.45, 2.75) is 23.1 Å². The van der Waals surface area contributed by atoms with Crippen LogP contribution in [0.15, 0.2) is 10.4 Å². The molecule has 0 amide bonds. The van der Waals surface area contributed by atoms with Gasteiger partial charge in [0, 0.05) is 12.3 Å². The number of carbonyl (C=O) groups is 1. The number of aldehydes is 1. The summed E-state index contributed by atoms with van der Waals surface area (Å²) in [4.78, 5) is 17.0. The molecule has 1 aromatic heterocycles. The van der Waals surface area contributed by atoms with E-state index in [0.29, 0.717) is 5.13 Å². The lowest BCUT2D eigenvalue weighted by atomic mass is 10.2. The van der Waals surface area contributed by atoms with Gasteiger partial charge in [-0.25, -0.2) is 4.98 Å². The minimum atomic E-state index is 0.145. The average molecular weight is 257 g/mol. The normalized spacial score (nSPS) is 21.4. The van der Waals surface area contributed by atoms with E-state index in [0.717, 1.165) is 42.2 Å². The van der Waals surface area contributed by atoms with Gasteiger partial charge in [0.15, 0.2) is 5.13 Å². The number of carbonyl (C=O) groups excluding carboxylic acids is 1. The van der Waals surface area contributed by atoms with Crippen LogP contribution < -0.4 is 5.73 Å². The largest absolute Gasteiger partial charge is 0.375 e. The maximum atomic E-state index is 10.8. The first-order chi connectivity index (χ1) is 7.79. The topological polar surface area (TPSA) is 59.2 Å². The van der Waals surface area contributed by atoms with Gasteiger partial charge in [0.1, 0.15) is 6.29 Å². The highest BCUT2D eigenvalue weighted by Gasteiger charge is 2.22. The molecule has 2 N–H and O–H groups in total. The number of aromatic nitrogens is 1. The van der Waals surface area contributed by atoms with Gasteiger partial charge in [-0.05, 0) is 19.4 Å². The molecule has 0 bridgehead atoms. The van der Waals surface area contributed by atoms with Crippen molar-refractivity contribution in [3.63, 3.8) is 0 Å². The second-order valence-electron chi connectivity index (χ2n) is 3.75. The molecular formula is C10H15N3OS2. The van der Waals surface area contributed by atoms with Crippen molar-refractivity contribution < 1.29 is 4.79 Å². The third kappa shape index (κ3) is 2.96. The van der Waals surface area contributed by atoms with E-state index in [1.807, 2.05) is 6.20 Å². The predicted molar refractivity (Wildman–Crippen MR) is 67.9 cm³/mol. The molecule has 16 heavy (non-hydrogen) atoms. The Morgan fingerprint density at radius 1 is 1.75 bits per heavy atom. The second kappa shape index (κ2) is 5.65. The van der Waals surface area contributed by atoms with E-state index >= 15 is 0 Å². The van der Waals surface area contributed by atoms with E-state index in [4.69, 9.17) is 5.73 Å². The molecule has 1 aliphatic rings. The summed E-state index contributed by atoms with van der Waals surface area (Å²) in [6, 6.07) is 0.145. The maximum Gasteiger partial charge on any atom is 0.181 e. The lowest BCUT2D eigenvalue weighted by Crippen LogP contribution is -2.32. The molecule has 1 fully saturated rings. The summed E-state index contributed by atoms with van der Waals surface area (Å²) < 4.78 is 1.15. The fourth-order valence-electron chi connectivity index (χ4n) is 1.89. The quantitative estimate of drug-likeness (QED) is 0.639. The van der Waals surface area contributed by atoms with Gasteiger partial charge < -0.3 is 10.5 Å². The first-order valence-corrected chi connectivity index (χ1v) is 7.13. The van der Waals surface area contributed by atoms with Gasteiger partial charge >= 0.3 is 0 Å². The summed E-state index contributed by atoms with van der Waals surface area (Å²) >= 11 is 3.28. The molecule has 4 nitrogen and oxygen atoms in total. The molecule has 88 valence electrons. The van der Waals surface area contributed by atoms with Crippen molar-refractivity contribution in [3.8, 4) is 0 Å². The van der Waals surface area contributed by atoms with Gasteiger partial charge in [-0.1, -0.05) is 11.3 Å². The van der Waals surface area contributed by atoms with Crippen LogP contribution in [0, 0.1) is 0 Å². The standard InChI is InChI=1S/C10H15N3OS2/c11-10-12-6-9(16-10)15-5-4-13-3-1-2-8(13)7-14/h6-8H,1-5H2,(H2,11,12)/t8-/m0/s1. The van der Waals surface area contributed by atoms with Crippen molar-refractivity contribution in [3.05, 3.63) is 6.20 Å². The van der Waals surface area contributed by atoms with E-state index in [1.54, 1.807) is 11.8 Å². The van der Waals surface area contributed by atoms with Crippen LogP contribution in [0.4, 0.5) is 5.13 Å². The fraction of sp³-hybridized carbons (Fsp3) is 0.600. The molecule has 1 aliphatic heterocycles. The fourth-order valence-corrected chi connectivity index (χ4v) is 3.70. The Hall–Kier alpha value is -0.590. The van der Waals surface area contributed by atoms with Crippen LogP contribution in [0.25, 0.3) is 0 Å². The van der Waals surface area contributed by atoms with Crippen LogP contribution in [-0.4, -0.2) is 41.1 Å². The molecule has 1 atom stereocenters. The minimum Gasteiger partial charge on any atom is -0.375 e. The Morgan fingerprint density at radius 2 is 2.62 bits per heavy atom. The highest BCUT2D eigenvalue weighted by molar-refractivity contribution is 8.01. The van der Waals surface area contributed by atoms with Gasteiger partial charge in [0.2, 0.25) is 0 Å². The van der Waals surface area contributed by atoms with E-state index in [9.17, 15) is 4.79 Å². The Balaban J connectivity index is 1.73. The van der Waals surface area contributed by atoms with Crippen LogP contribution in [-0.2, 0) is 4.79 Å². The molecular weight excluding hydrogens is 242 g/mol. The monoisotopic (exact) mass is 257 g/mol. The van der Waals surface area contributed by atoms with Crippen LogP contribution in [0.3, 0.4) is 0 Å². The summed E-state index contributed by atoms with van der Waals surface area (Å²) in [6.45, 7) is 2.01. The van der Waals surface area contributed by atoms with Crippen molar-refractivity contribution in [1.29, 1.82) is 0 Å². The van der Waals surface area contributed by atoms with Gasteiger partial charge in [0.25, 0.3) is 0 Å².